The highest BCUT2D eigenvalue weighted by molar-refractivity contribution is 7.89. The van der Waals surface area contributed by atoms with Crippen LogP contribution >= 0.6 is 0 Å². The van der Waals surface area contributed by atoms with E-state index in [1.807, 2.05) is 6.92 Å². The topological polar surface area (TPSA) is 137 Å². The molecule has 12 heteroatoms. The summed E-state index contributed by atoms with van der Waals surface area (Å²) in [5, 5.41) is 9.07. The number of likely N-dealkylation sites (N-methyl/N-ethyl adjacent to an activating group) is 1. The van der Waals surface area contributed by atoms with Crippen molar-refractivity contribution < 1.29 is 32.7 Å². The Labute approximate surface area is 174 Å². The third kappa shape index (κ3) is 3.98. The Kier molecular flexibility index (Phi) is 6.29. The average Bonchev–Trinajstić information content (AvgIpc) is 3.27. The molecule has 30 heavy (non-hydrogen) atoms. The van der Waals surface area contributed by atoms with Gasteiger partial charge >= 0.3 is 6.03 Å². The van der Waals surface area contributed by atoms with Crippen molar-refractivity contribution in [3.8, 4) is 5.75 Å². The number of ether oxygens (including phenoxy) is 1. The van der Waals surface area contributed by atoms with Crippen LogP contribution in [0.15, 0.2) is 29.2 Å². The number of carbonyl (C=O) groups is 3. The van der Waals surface area contributed by atoms with Gasteiger partial charge in [-0.15, -0.1) is 0 Å². The normalized spacial score (nSPS) is 22.6. The molecule has 3 rings (SSSR count). The molecule has 0 aromatic heterocycles. The molecule has 1 aromatic carbocycles. The van der Waals surface area contributed by atoms with E-state index in [-0.39, 0.29) is 24.4 Å². The lowest BCUT2D eigenvalue weighted by atomic mass is 10.1. The van der Waals surface area contributed by atoms with Crippen molar-refractivity contribution in [1.29, 1.82) is 0 Å². The molecule has 164 valence electrons. The maximum Gasteiger partial charge on any atom is 0.327 e. The first kappa shape index (κ1) is 22.0. The SMILES string of the molecule is CCCOc1ccc(S(=O)(=O)N2C[C@@H](N3C(=O)CN(C)C3=O)C[C@@H]2C(=O)NO)cc1. The fourth-order valence-electron chi connectivity index (χ4n) is 3.61. The number of sulfonamides is 1. The van der Waals surface area contributed by atoms with Gasteiger partial charge in [0.15, 0.2) is 0 Å². The maximum atomic E-state index is 13.2. The van der Waals surface area contributed by atoms with E-state index in [0.29, 0.717) is 12.4 Å². The Bertz CT molecular complexity index is 934. The molecule has 1 aromatic rings. The number of amides is 4. The summed E-state index contributed by atoms with van der Waals surface area (Å²) in [7, 11) is -2.69. The summed E-state index contributed by atoms with van der Waals surface area (Å²) in [5.41, 5.74) is 1.47. The molecule has 2 fully saturated rings. The van der Waals surface area contributed by atoms with Gasteiger partial charge in [-0.05, 0) is 37.1 Å². The van der Waals surface area contributed by atoms with Gasteiger partial charge in [0.05, 0.1) is 17.5 Å². The smallest absolute Gasteiger partial charge is 0.327 e. The first-order valence-electron chi connectivity index (χ1n) is 9.46. The minimum absolute atomic E-state index is 0.0704. The number of hydrogen-bond donors (Lipinski definition) is 2. The summed E-state index contributed by atoms with van der Waals surface area (Å²) in [4.78, 5) is 38.8. The van der Waals surface area contributed by atoms with Gasteiger partial charge in [0.25, 0.3) is 11.8 Å². The largest absolute Gasteiger partial charge is 0.494 e. The van der Waals surface area contributed by atoms with E-state index in [2.05, 4.69) is 0 Å². The maximum absolute atomic E-state index is 13.2. The standard InChI is InChI=1S/C18H24N4O7S/c1-3-8-29-13-4-6-14(7-5-13)30(27,28)21-10-12(9-15(21)17(24)19-26)22-16(23)11-20(2)18(22)25/h4-7,12,15,26H,3,8-11H2,1-2H3,(H,19,24)/t12-,15+/m0/s1. The van der Waals surface area contributed by atoms with Crippen LogP contribution in [0.5, 0.6) is 5.75 Å². The molecule has 0 radical (unpaired) electrons. The lowest BCUT2D eigenvalue weighted by Crippen LogP contribution is -2.45. The molecule has 2 aliphatic rings. The van der Waals surface area contributed by atoms with E-state index in [4.69, 9.17) is 9.94 Å². The van der Waals surface area contributed by atoms with Crippen LogP contribution in [0, 0.1) is 0 Å². The van der Waals surface area contributed by atoms with E-state index >= 15 is 0 Å². The molecule has 2 atom stereocenters. The molecule has 4 amide bonds. The quantitative estimate of drug-likeness (QED) is 0.346. The first-order chi connectivity index (χ1) is 14.2. The number of carbonyl (C=O) groups excluding carboxylic acids is 3. The fraction of sp³-hybridized carbons (Fsp3) is 0.500. The molecule has 0 saturated carbocycles. The van der Waals surface area contributed by atoms with Crippen LogP contribution in [0.4, 0.5) is 4.79 Å². The molecule has 11 nitrogen and oxygen atoms in total. The van der Waals surface area contributed by atoms with Crippen molar-refractivity contribution in [2.75, 3.05) is 26.7 Å². The van der Waals surface area contributed by atoms with E-state index in [1.165, 1.54) is 41.7 Å². The lowest BCUT2D eigenvalue weighted by Gasteiger charge is -2.23. The van der Waals surface area contributed by atoms with E-state index in [0.717, 1.165) is 15.6 Å². The molecule has 0 spiro atoms. The number of nitrogens with one attached hydrogen (secondary N) is 1. The Morgan fingerprint density at radius 2 is 1.93 bits per heavy atom. The second-order valence-electron chi connectivity index (χ2n) is 7.18. The number of rotatable bonds is 7. The zero-order valence-corrected chi connectivity index (χ0v) is 17.5. The Morgan fingerprint density at radius 1 is 1.27 bits per heavy atom. The average molecular weight is 440 g/mol. The zero-order valence-electron chi connectivity index (χ0n) is 16.6. The number of benzene rings is 1. The summed E-state index contributed by atoms with van der Waals surface area (Å²) in [6.07, 6.45) is 0.685. The van der Waals surface area contributed by atoms with Crippen LogP contribution in [-0.2, 0) is 19.6 Å². The first-order valence-corrected chi connectivity index (χ1v) is 10.9. The van der Waals surface area contributed by atoms with Crippen molar-refractivity contribution >= 4 is 27.9 Å². The van der Waals surface area contributed by atoms with Gasteiger partial charge in [-0.25, -0.2) is 18.7 Å². The number of imide groups is 1. The molecule has 0 aliphatic carbocycles. The molecule has 2 saturated heterocycles. The Morgan fingerprint density at radius 3 is 2.47 bits per heavy atom. The van der Waals surface area contributed by atoms with Crippen molar-refractivity contribution in [3.63, 3.8) is 0 Å². The van der Waals surface area contributed by atoms with Gasteiger partial charge in [0.1, 0.15) is 18.3 Å². The van der Waals surface area contributed by atoms with Gasteiger partial charge < -0.3 is 9.64 Å². The summed E-state index contributed by atoms with van der Waals surface area (Å²) in [6.45, 7) is 2.07. The lowest BCUT2D eigenvalue weighted by molar-refractivity contribution is -0.132. The highest BCUT2D eigenvalue weighted by Gasteiger charge is 2.50. The van der Waals surface area contributed by atoms with Crippen LogP contribution in [-0.4, -0.2) is 84.4 Å². The Balaban J connectivity index is 1.88. The third-order valence-corrected chi connectivity index (χ3v) is 6.98. The molecule has 2 aliphatic heterocycles. The van der Waals surface area contributed by atoms with Crippen molar-refractivity contribution in [2.24, 2.45) is 0 Å². The van der Waals surface area contributed by atoms with Crippen LogP contribution in [0.2, 0.25) is 0 Å². The minimum Gasteiger partial charge on any atom is -0.494 e. The van der Waals surface area contributed by atoms with Gasteiger partial charge in [0.2, 0.25) is 10.0 Å². The van der Waals surface area contributed by atoms with Gasteiger partial charge in [0, 0.05) is 13.6 Å². The van der Waals surface area contributed by atoms with Crippen LogP contribution in [0.1, 0.15) is 19.8 Å². The predicted octanol–water partition coefficient (Wildman–Crippen LogP) is 0.00640. The van der Waals surface area contributed by atoms with Crippen molar-refractivity contribution in [2.45, 2.75) is 36.7 Å². The van der Waals surface area contributed by atoms with Crippen molar-refractivity contribution in [3.05, 3.63) is 24.3 Å². The molecule has 0 unspecified atom stereocenters. The molecule has 2 N–H and O–H groups in total. The highest BCUT2D eigenvalue weighted by atomic mass is 32.2. The summed E-state index contributed by atoms with van der Waals surface area (Å²) in [6, 6.07) is 3.11. The van der Waals surface area contributed by atoms with Crippen molar-refractivity contribution in [1.82, 2.24) is 19.6 Å². The van der Waals surface area contributed by atoms with Gasteiger partial charge in [-0.2, -0.15) is 4.31 Å². The van der Waals surface area contributed by atoms with E-state index in [1.54, 1.807) is 0 Å². The Hall–Kier alpha value is -2.70. The summed E-state index contributed by atoms with van der Waals surface area (Å²) >= 11 is 0. The number of urea groups is 1. The van der Waals surface area contributed by atoms with E-state index < -0.39 is 40.0 Å². The number of hydrogen-bond acceptors (Lipinski definition) is 7. The molecular formula is C18H24N4O7S. The molecule has 2 heterocycles. The molecule has 0 bridgehead atoms. The van der Waals surface area contributed by atoms with Crippen LogP contribution in [0.25, 0.3) is 0 Å². The van der Waals surface area contributed by atoms with Crippen LogP contribution in [0.3, 0.4) is 0 Å². The number of nitrogens with zero attached hydrogens (tertiary/aromatic N) is 3. The van der Waals surface area contributed by atoms with Crippen LogP contribution < -0.4 is 10.2 Å². The summed E-state index contributed by atoms with van der Waals surface area (Å²) < 4.78 is 32.8. The second-order valence-corrected chi connectivity index (χ2v) is 9.07. The van der Waals surface area contributed by atoms with Gasteiger partial charge in [-0.1, -0.05) is 6.92 Å². The summed E-state index contributed by atoms with van der Waals surface area (Å²) in [5.74, 6) is -0.889. The third-order valence-electron chi connectivity index (χ3n) is 5.09. The second kappa shape index (κ2) is 8.58. The highest BCUT2D eigenvalue weighted by Crippen LogP contribution is 2.31. The zero-order chi connectivity index (χ0) is 22.1. The number of hydroxylamine groups is 1. The minimum atomic E-state index is -4.15. The van der Waals surface area contributed by atoms with Gasteiger partial charge in [-0.3, -0.25) is 19.7 Å². The monoisotopic (exact) mass is 440 g/mol. The predicted molar refractivity (Wildman–Crippen MR) is 103 cm³/mol. The van der Waals surface area contributed by atoms with E-state index in [9.17, 15) is 22.8 Å². The fourth-order valence-corrected chi connectivity index (χ4v) is 5.25. The molecular weight excluding hydrogens is 416 g/mol.